The lowest BCUT2D eigenvalue weighted by molar-refractivity contribution is -0.125. The van der Waals surface area contributed by atoms with Gasteiger partial charge in [-0.05, 0) is 0 Å². The number of nitrogens with one attached hydrogen (secondary N) is 1. The zero-order chi connectivity index (χ0) is 12.6. The molecule has 0 atom stereocenters. The van der Waals surface area contributed by atoms with E-state index in [4.69, 9.17) is 4.74 Å². The third-order valence-electron chi connectivity index (χ3n) is 2.21. The van der Waals surface area contributed by atoms with Crippen molar-refractivity contribution in [2.24, 2.45) is 11.8 Å². The maximum absolute atomic E-state index is 11.2. The minimum absolute atomic E-state index is 0.00233. The maximum Gasteiger partial charge on any atom is 0.222 e. The lowest BCUT2D eigenvalue weighted by Gasteiger charge is -2.08. The first kappa shape index (κ1) is 15.1. The summed E-state index contributed by atoms with van der Waals surface area (Å²) >= 11 is 0. The Morgan fingerprint density at radius 1 is 1.06 bits per heavy atom. The van der Waals surface area contributed by atoms with E-state index < -0.39 is 0 Å². The summed E-state index contributed by atoms with van der Waals surface area (Å²) in [6, 6.07) is 0. The van der Waals surface area contributed by atoms with Gasteiger partial charge in [-0.1, -0.05) is 27.7 Å². The monoisotopic (exact) mass is 229 g/mol. The number of ketones is 1. The van der Waals surface area contributed by atoms with Crippen LogP contribution in [0.1, 0.15) is 34.1 Å². The molecule has 16 heavy (non-hydrogen) atoms. The van der Waals surface area contributed by atoms with Gasteiger partial charge in [0.05, 0.1) is 13.2 Å². The molecular formula is C12H23NO3. The van der Waals surface area contributed by atoms with E-state index in [2.05, 4.69) is 5.32 Å². The number of amides is 1. The van der Waals surface area contributed by atoms with Gasteiger partial charge in [0.25, 0.3) is 0 Å². The molecule has 0 heterocycles. The maximum atomic E-state index is 11.2. The predicted octanol–water partition coefficient (Wildman–Crippen LogP) is 1.39. The Kier molecular flexibility index (Phi) is 7.81. The smallest absolute Gasteiger partial charge is 0.222 e. The highest BCUT2D eigenvalue weighted by atomic mass is 16.5. The van der Waals surface area contributed by atoms with Crippen molar-refractivity contribution in [3.8, 4) is 0 Å². The van der Waals surface area contributed by atoms with E-state index in [9.17, 15) is 9.59 Å². The molecule has 0 aliphatic carbocycles. The van der Waals surface area contributed by atoms with E-state index in [0.717, 1.165) is 0 Å². The number of rotatable bonds is 8. The molecule has 0 aromatic heterocycles. The fraction of sp³-hybridized carbons (Fsp3) is 0.833. The van der Waals surface area contributed by atoms with Gasteiger partial charge in [-0.25, -0.2) is 0 Å². The molecule has 0 saturated heterocycles. The molecule has 4 heteroatoms. The average Bonchev–Trinajstić information content (AvgIpc) is 2.21. The summed E-state index contributed by atoms with van der Waals surface area (Å²) in [6.07, 6.45) is 0.454. The molecule has 0 unspecified atom stereocenters. The van der Waals surface area contributed by atoms with Crippen LogP contribution in [0.5, 0.6) is 0 Å². The van der Waals surface area contributed by atoms with Crippen molar-refractivity contribution in [2.45, 2.75) is 34.1 Å². The summed E-state index contributed by atoms with van der Waals surface area (Å²) in [6.45, 7) is 8.86. The van der Waals surface area contributed by atoms with E-state index >= 15 is 0 Å². The van der Waals surface area contributed by atoms with Gasteiger partial charge in [0.15, 0.2) is 0 Å². The molecule has 0 aliphatic heterocycles. The highest BCUT2D eigenvalue weighted by Gasteiger charge is 2.07. The van der Waals surface area contributed by atoms with Crippen LogP contribution in [-0.2, 0) is 14.3 Å². The van der Waals surface area contributed by atoms with Gasteiger partial charge in [0, 0.05) is 24.8 Å². The van der Waals surface area contributed by atoms with Gasteiger partial charge >= 0.3 is 0 Å². The van der Waals surface area contributed by atoms with Crippen molar-refractivity contribution < 1.29 is 14.3 Å². The molecule has 1 N–H and O–H groups in total. The average molecular weight is 229 g/mol. The molecule has 0 spiro atoms. The van der Waals surface area contributed by atoms with Gasteiger partial charge in [0.1, 0.15) is 5.78 Å². The summed E-state index contributed by atoms with van der Waals surface area (Å²) in [5.41, 5.74) is 0. The van der Waals surface area contributed by atoms with E-state index in [1.54, 1.807) is 0 Å². The summed E-state index contributed by atoms with van der Waals surface area (Å²) in [7, 11) is 0. The molecule has 94 valence electrons. The Bertz CT molecular complexity index is 200. The van der Waals surface area contributed by atoms with Crippen molar-refractivity contribution in [3.05, 3.63) is 0 Å². The fourth-order valence-electron chi connectivity index (χ4n) is 1.01. The molecule has 1 amide bonds. The van der Waals surface area contributed by atoms with Gasteiger partial charge in [-0.15, -0.1) is 0 Å². The minimum atomic E-state index is 0.00233. The summed E-state index contributed by atoms with van der Waals surface area (Å²) < 4.78 is 5.25. The van der Waals surface area contributed by atoms with Crippen LogP contribution in [0.25, 0.3) is 0 Å². The third-order valence-corrected chi connectivity index (χ3v) is 2.21. The van der Waals surface area contributed by atoms with E-state index in [1.807, 2.05) is 27.7 Å². The molecule has 0 rings (SSSR count). The first-order valence-corrected chi connectivity index (χ1v) is 5.83. The van der Waals surface area contributed by atoms with Gasteiger partial charge in [-0.3, -0.25) is 9.59 Å². The summed E-state index contributed by atoms with van der Waals surface area (Å²) in [4.78, 5) is 22.4. The number of carbonyl (C=O) groups is 2. The molecular weight excluding hydrogens is 206 g/mol. The first-order valence-electron chi connectivity index (χ1n) is 5.83. The Morgan fingerprint density at radius 3 is 2.19 bits per heavy atom. The zero-order valence-corrected chi connectivity index (χ0v) is 10.7. The van der Waals surface area contributed by atoms with E-state index in [0.29, 0.717) is 26.2 Å². The molecule has 0 radical (unpaired) electrons. The summed E-state index contributed by atoms with van der Waals surface area (Å²) in [5, 5.41) is 2.74. The molecule has 0 aromatic carbocycles. The fourth-order valence-corrected chi connectivity index (χ4v) is 1.01. The number of hydrogen-bond acceptors (Lipinski definition) is 3. The number of Topliss-reactive ketones (excluding diaryl/α,β-unsaturated/α-hetero) is 1. The van der Waals surface area contributed by atoms with Crippen LogP contribution in [0.3, 0.4) is 0 Å². The second-order valence-corrected chi connectivity index (χ2v) is 4.43. The Labute approximate surface area is 97.7 Å². The van der Waals surface area contributed by atoms with Crippen molar-refractivity contribution in [3.63, 3.8) is 0 Å². The Morgan fingerprint density at radius 2 is 1.69 bits per heavy atom. The van der Waals surface area contributed by atoms with E-state index in [1.165, 1.54) is 0 Å². The zero-order valence-electron chi connectivity index (χ0n) is 10.7. The number of hydrogen-bond donors (Lipinski definition) is 1. The molecule has 0 fully saturated rings. The van der Waals surface area contributed by atoms with Crippen LogP contribution >= 0.6 is 0 Å². The van der Waals surface area contributed by atoms with Gasteiger partial charge < -0.3 is 10.1 Å². The van der Waals surface area contributed by atoms with Crippen molar-refractivity contribution >= 4 is 11.7 Å². The molecule has 0 saturated carbocycles. The normalized spacial score (nSPS) is 10.9. The van der Waals surface area contributed by atoms with Crippen LogP contribution in [0.2, 0.25) is 0 Å². The SMILES string of the molecule is CC(C)C(=O)CCOCCNC(=O)C(C)C. The molecule has 0 bridgehead atoms. The lowest BCUT2D eigenvalue weighted by Crippen LogP contribution is -2.30. The number of ether oxygens (including phenoxy) is 1. The summed E-state index contributed by atoms with van der Waals surface area (Å²) in [5.74, 6) is 0.319. The van der Waals surface area contributed by atoms with Crippen LogP contribution in [0, 0.1) is 11.8 Å². The highest BCUT2D eigenvalue weighted by Crippen LogP contribution is 1.98. The standard InChI is InChI=1S/C12H23NO3/c1-9(2)11(14)5-7-16-8-6-13-12(15)10(3)4/h9-10H,5-8H2,1-4H3,(H,13,15). The predicted molar refractivity (Wildman–Crippen MR) is 63.1 cm³/mol. The Hall–Kier alpha value is -0.900. The van der Waals surface area contributed by atoms with Gasteiger partial charge in [-0.2, -0.15) is 0 Å². The Balaban J connectivity index is 3.35. The van der Waals surface area contributed by atoms with Gasteiger partial charge in [0.2, 0.25) is 5.91 Å². The molecule has 0 aliphatic rings. The lowest BCUT2D eigenvalue weighted by atomic mass is 10.1. The quantitative estimate of drug-likeness (QED) is 0.640. The highest BCUT2D eigenvalue weighted by molar-refractivity contribution is 5.80. The second-order valence-electron chi connectivity index (χ2n) is 4.43. The van der Waals surface area contributed by atoms with Crippen LogP contribution in [0.4, 0.5) is 0 Å². The van der Waals surface area contributed by atoms with Crippen LogP contribution in [-0.4, -0.2) is 31.4 Å². The van der Waals surface area contributed by atoms with Crippen LogP contribution in [0.15, 0.2) is 0 Å². The topological polar surface area (TPSA) is 55.4 Å². The third kappa shape index (κ3) is 7.40. The van der Waals surface area contributed by atoms with Crippen molar-refractivity contribution in [1.29, 1.82) is 0 Å². The largest absolute Gasteiger partial charge is 0.379 e. The van der Waals surface area contributed by atoms with Crippen molar-refractivity contribution in [1.82, 2.24) is 5.32 Å². The van der Waals surface area contributed by atoms with Crippen molar-refractivity contribution in [2.75, 3.05) is 19.8 Å². The second kappa shape index (κ2) is 8.28. The number of carbonyl (C=O) groups excluding carboxylic acids is 2. The molecule has 4 nitrogen and oxygen atoms in total. The first-order chi connectivity index (χ1) is 7.45. The minimum Gasteiger partial charge on any atom is -0.379 e. The van der Waals surface area contributed by atoms with Crippen LogP contribution < -0.4 is 5.32 Å². The van der Waals surface area contributed by atoms with E-state index in [-0.39, 0.29) is 23.5 Å². The molecule has 0 aromatic rings.